The molecule has 5 rings (SSSR count). The quantitative estimate of drug-likeness (QED) is 0.410. The Kier molecular flexibility index (Phi) is 6.89. The number of allylic oxidation sites excluding steroid dienone is 1. The lowest BCUT2D eigenvalue weighted by Crippen LogP contribution is -2.58. The van der Waals surface area contributed by atoms with Gasteiger partial charge in [-0.25, -0.2) is 4.79 Å². The van der Waals surface area contributed by atoms with Gasteiger partial charge in [-0.3, -0.25) is 9.69 Å². The van der Waals surface area contributed by atoms with Crippen LogP contribution in [-0.4, -0.2) is 104 Å². The Morgan fingerprint density at radius 3 is 2.74 bits per heavy atom. The number of likely N-dealkylation sites (tertiary alicyclic amines) is 1. The predicted molar refractivity (Wildman–Crippen MR) is 129 cm³/mol. The molecule has 9 heteroatoms. The van der Waals surface area contributed by atoms with Crippen LogP contribution >= 0.6 is 0 Å². The zero-order valence-corrected chi connectivity index (χ0v) is 21.6. The number of nitrogens with one attached hydrogen (secondary N) is 1. The highest BCUT2D eigenvalue weighted by Gasteiger charge is 2.72. The van der Waals surface area contributed by atoms with Crippen molar-refractivity contribution in [3.8, 4) is 0 Å². The molecule has 4 aliphatic heterocycles. The van der Waals surface area contributed by atoms with Gasteiger partial charge in [0.05, 0.1) is 25.2 Å². The summed E-state index contributed by atoms with van der Waals surface area (Å²) in [5.74, 6) is 0.594. The van der Waals surface area contributed by atoms with Crippen LogP contribution in [-0.2, 0) is 23.7 Å². The van der Waals surface area contributed by atoms with Gasteiger partial charge in [0.1, 0.15) is 23.4 Å². The van der Waals surface area contributed by atoms with Crippen LogP contribution in [0.25, 0.3) is 0 Å². The molecule has 0 radical (unpaired) electrons. The fourth-order valence-electron chi connectivity index (χ4n) is 6.42. The molecule has 196 valence electrons. The summed E-state index contributed by atoms with van der Waals surface area (Å²) in [5, 5.41) is 2.86. The standard InChI is InChI=1S/C26H41N3O6/c1-17(2)5-6-20-25(3,35-20)23-22(32-4)19(7-9-26(23)16-33-26)34-24(31)29-13-18(14-29)8-11-28-12-10-27-21(30)15-28/h5,18-20,22-23H,6-16H2,1-4H3,(H,27,30)/t19?,20-,22?,23?,25+,26?/m1/s1. The number of rotatable bonds is 8. The Balaban J connectivity index is 1.13. The number of piperazine rings is 1. The Morgan fingerprint density at radius 2 is 2.09 bits per heavy atom. The Labute approximate surface area is 208 Å². The molecule has 35 heavy (non-hydrogen) atoms. The van der Waals surface area contributed by atoms with Gasteiger partial charge in [0.2, 0.25) is 5.91 Å². The Hall–Kier alpha value is -1.68. The molecular weight excluding hydrogens is 450 g/mol. The summed E-state index contributed by atoms with van der Waals surface area (Å²) >= 11 is 0. The molecule has 9 nitrogen and oxygen atoms in total. The van der Waals surface area contributed by atoms with Crippen LogP contribution in [0.2, 0.25) is 0 Å². The van der Waals surface area contributed by atoms with Gasteiger partial charge in [0, 0.05) is 33.3 Å². The molecule has 0 aromatic carbocycles. The van der Waals surface area contributed by atoms with Crippen LogP contribution in [0.3, 0.4) is 0 Å². The number of epoxide rings is 2. The molecule has 1 N–H and O–H groups in total. The van der Waals surface area contributed by atoms with Gasteiger partial charge in [0.25, 0.3) is 0 Å². The maximum absolute atomic E-state index is 13.0. The van der Waals surface area contributed by atoms with E-state index < -0.39 is 0 Å². The molecule has 0 aromatic heterocycles. The van der Waals surface area contributed by atoms with Crippen molar-refractivity contribution in [1.82, 2.24) is 15.1 Å². The zero-order valence-electron chi connectivity index (χ0n) is 21.6. The normalized spacial score (nSPS) is 39.1. The average Bonchev–Trinajstić information content (AvgIpc) is 3.69. The monoisotopic (exact) mass is 491 g/mol. The average molecular weight is 492 g/mol. The molecule has 5 aliphatic rings. The maximum atomic E-state index is 13.0. The highest BCUT2D eigenvalue weighted by molar-refractivity contribution is 5.78. The van der Waals surface area contributed by atoms with Crippen molar-refractivity contribution in [1.29, 1.82) is 0 Å². The summed E-state index contributed by atoms with van der Waals surface area (Å²) in [5.41, 5.74) is 0.736. The van der Waals surface area contributed by atoms with Crippen molar-refractivity contribution in [3.63, 3.8) is 0 Å². The number of amides is 2. The second-order valence-corrected chi connectivity index (χ2v) is 11.5. The number of hydrogen-bond acceptors (Lipinski definition) is 7. The van der Waals surface area contributed by atoms with Crippen LogP contribution in [0, 0.1) is 11.8 Å². The highest BCUT2D eigenvalue weighted by atomic mass is 16.6. The molecular formula is C26H41N3O6. The number of nitrogens with zero attached hydrogens (tertiary/aromatic N) is 2. The second-order valence-electron chi connectivity index (χ2n) is 11.5. The largest absolute Gasteiger partial charge is 0.443 e. The van der Waals surface area contributed by atoms with Crippen LogP contribution in [0.1, 0.15) is 46.5 Å². The first-order valence-electron chi connectivity index (χ1n) is 13.2. The zero-order chi connectivity index (χ0) is 24.8. The van der Waals surface area contributed by atoms with Crippen molar-refractivity contribution >= 4 is 12.0 Å². The van der Waals surface area contributed by atoms with Crippen LogP contribution in [0.5, 0.6) is 0 Å². The summed E-state index contributed by atoms with van der Waals surface area (Å²) in [4.78, 5) is 28.5. The van der Waals surface area contributed by atoms with Crippen LogP contribution < -0.4 is 5.32 Å². The van der Waals surface area contributed by atoms with E-state index in [1.165, 1.54) is 5.57 Å². The lowest BCUT2D eigenvalue weighted by atomic mass is 9.68. The van der Waals surface area contributed by atoms with E-state index in [4.69, 9.17) is 18.9 Å². The smallest absolute Gasteiger partial charge is 0.410 e. The molecule has 5 fully saturated rings. The molecule has 0 aromatic rings. The summed E-state index contributed by atoms with van der Waals surface area (Å²) in [7, 11) is 1.71. The summed E-state index contributed by atoms with van der Waals surface area (Å²) < 4.78 is 24.3. The molecule has 1 saturated carbocycles. The SMILES string of the molecule is COC1C(OC(=O)N2CC(CCN3CCNC(=O)C3)C2)CCC2(CO2)C1[C@@]1(C)O[C@@H]1CC=C(C)C. The van der Waals surface area contributed by atoms with Crippen LogP contribution in [0.15, 0.2) is 11.6 Å². The van der Waals surface area contributed by atoms with Crippen molar-refractivity contribution < 1.29 is 28.5 Å². The fraction of sp³-hybridized carbons (Fsp3) is 0.846. The third-order valence-electron chi connectivity index (χ3n) is 8.68. The van der Waals surface area contributed by atoms with E-state index in [0.29, 0.717) is 25.6 Å². The Bertz CT molecular complexity index is 850. The van der Waals surface area contributed by atoms with Crippen molar-refractivity contribution in [3.05, 3.63) is 11.6 Å². The minimum atomic E-state index is -0.332. The third kappa shape index (κ3) is 5.10. The first-order chi connectivity index (χ1) is 16.7. The van der Waals surface area contributed by atoms with Gasteiger partial charge >= 0.3 is 6.09 Å². The van der Waals surface area contributed by atoms with Gasteiger partial charge < -0.3 is 29.2 Å². The number of carbonyl (C=O) groups is 2. The third-order valence-corrected chi connectivity index (χ3v) is 8.68. The highest BCUT2D eigenvalue weighted by Crippen LogP contribution is 2.59. The summed E-state index contributed by atoms with van der Waals surface area (Å²) in [6.07, 6.45) is 5.02. The molecule has 4 unspecified atom stereocenters. The van der Waals surface area contributed by atoms with E-state index in [2.05, 4.69) is 37.1 Å². The van der Waals surface area contributed by atoms with Gasteiger partial charge in [0.15, 0.2) is 0 Å². The molecule has 6 atom stereocenters. The van der Waals surface area contributed by atoms with Gasteiger partial charge in [-0.05, 0) is 58.9 Å². The molecule has 0 bridgehead atoms. The first kappa shape index (κ1) is 25.0. The van der Waals surface area contributed by atoms with Crippen molar-refractivity contribution in [2.75, 3.05) is 53.0 Å². The molecule has 1 spiro atoms. The minimum Gasteiger partial charge on any atom is -0.443 e. The van der Waals surface area contributed by atoms with E-state index in [9.17, 15) is 9.59 Å². The number of ether oxygens (including phenoxy) is 4. The molecule has 4 heterocycles. The first-order valence-corrected chi connectivity index (χ1v) is 13.2. The van der Waals surface area contributed by atoms with Crippen molar-refractivity contribution in [2.45, 2.75) is 76.0 Å². The molecule has 4 saturated heterocycles. The van der Waals surface area contributed by atoms with Gasteiger partial charge in [-0.15, -0.1) is 0 Å². The van der Waals surface area contributed by atoms with Gasteiger partial charge in [-0.1, -0.05) is 11.6 Å². The van der Waals surface area contributed by atoms with E-state index >= 15 is 0 Å². The van der Waals surface area contributed by atoms with Crippen LogP contribution in [0.4, 0.5) is 4.79 Å². The van der Waals surface area contributed by atoms with Gasteiger partial charge in [-0.2, -0.15) is 0 Å². The number of methoxy groups -OCH3 is 1. The van der Waals surface area contributed by atoms with E-state index in [-0.39, 0.29) is 47.4 Å². The fourth-order valence-corrected chi connectivity index (χ4v) is 6.42. The minimum absolute atomic E-state index is 0.0352. The van der Waals surface area contributed by atoms with E-state index in [1.807, 2.05) is 0 Å². The number of carbonyl (C=O) groups excluding carboxylic acids is 2. The topological polar surface area (TPSA) is 96.2 Å². The maximum Gasteiger partial charge on any atom is 0.410 e. The van der Waals surface area contributed by atoms with E-state index in [0.717, 1.165) is 51.9 Å². The summed E-state index contributed by atoms with van der Waals surface area (Å²) in [6.45, 7) is 11.5. The number of hydrogen-bond donors (Lipinski definition) is 1. The molecule has 1 aliphatic carbocycles. The second kappa shape index (κ2) is 9.65. The van der Waals surface area contributed by atoms with E-state index in [1.54, 1.807) is 12.0 Å². The van der Waals surface area contributed by atoms with Crippen molar-refractivity contribution in [2.24, 2.45) is 11.8 Å². The lowest BCUT2D eigenvalue weighted by molar-refractivity contribution is -0.125. The predicted octanol–water partition coefficient (Wildman–Crippen LogP) is 1.95. The Morgan fingerprint density at radius 1 is 1.31 bits per heavy atom. The molecule has 2 amide bonds. The summed E-state index contributed by atoms with van der Waals surface area (Å²) in [6, 6.07) is 0. The lowest BCUT2D eigenvalue weighted by Gasteiger charge is -2.44.